The molecule has 2 heterocycles. The van der Waals surface area contributed by atoms with E-state index in [-0.39, 0.29) is 11.9 Å². The number of carbonyl (C=O) groups excluding carboxylic acids is 1. The van der Waals surface area contributed by atoms with Crippen LogP contribution in [-0.2, 0) is 11.2 Å². The highest BCUT2D eigenvalue weighted by atomic mass is 32.1. The lowest BCUT2D eigenvalue weighted by molar-refractivity contribution is -0.647. The van der Waals surface area contributed by atoms with E-state index >= 15 is 0 Å². The molecule has 0 bridgehead atoms. The third-order valence-corrected chi connectivity index (χ3v) is 6.28. The summed E-state index contributed by atoms with van der Waals surface area (Å²) in [5, 5.41) is 4.38. The zero-order valence-corrected chi connectivity index (χ0v) is 15.0. The van der Waals surface area contributed by atoms with Crippen molar-refractivity contribution >= 4 is 17.2 Å². The maximum atomic E-state index is 12.9. The first-order valence-electron chi connectivity index (χ1n) is 8.97. The SMILES string of the molecule is Cc1ccccc1[C@H]1c2ccsc2CCN1C(=O)C[NH2+]CC1CC1. The first-order chi connectivity index (χ1) is 11.7. The second kappa shape index (κ2) is 6.69. The number of nitrogens with two attached hydrogens (primary N) is 1. The first kappa shape index (κ1) is 15.9. The Balaban J connectivity index is 1.60. The standard InChI is InChI=1S/C20H24N2OS/c1-14-4-2-3-5-16(14)20-17-9-11-24-18(17)8-10-22(20)19(23)13-21-12-15-6-7-15/h2-5,9,11,15,20-21H,6-8,10,12-13H2,1H3/p+1/t20-/m0/s1. The van der Waals surface area contributed by atoms with Crippen LogP contribution in [0.1, 0.15) is 40.5 Å². The summed E-state index contributed by atoms with van der Waals surface area (Å²) in [6, 6.07) is 10.8. The second-order valence-corrected chi connectivity index (χ2v) is 8.07. The van der Waals surface area contributed by atoms with Crippen LogP contribution in [0, 0.1) is 12.8 Å². The number of quaternary nitrogens is 1. The summed E-state index contributed by atoms with van der Waals surface area (Å²) in [5.74, 6) is 1.13. The maximum absolute atomic E-state index is 12.9. The van der Waals surface area contributed by atoms with Crippen LogP contribution >= 0.6 is 11.3 Å². The summed E-state index contributed by atoms with van der Waals surface area (Å²) in [6.07, 6.45) is 3.68. The van der Waals surface area contributed by atoms with Crippen LogP contribution in [0.25, 0.3) is 0 Å². The van der Waals surface area contributed by atoms with E-state index < -0.39 is 0 Å². The lowest BCUT2D eigenvalue weighted by Crippen LogP contribution is -2.87. The topological polar surface area (TPSA) is 36.9 Å². The fourth-order valence-corrected chi connectivity index (χ4v) is 4.63. The normalized spacial score (nSPS) is 20.0. The molecule has 4 heteroatoms. The van der Waals surface area contributed by atoms with E-state index in [9.17, 15) is 4.79 Å². The number of hydrogen-bond donors (Lipinski definition) is 1. The van der Waals surface area contributed by atoms with Crippen molar-refractivity contribution in [1.82, 2.24) is 4.90 Å². The molecule has 0 spiro atoms. The monoisotopic (exact) mass is 341 g/mol. The van der Waals surface area contributed by atoms with E-state index in [1.54, 1.807) is 0 Å². The Morgan fingerprint density at radius 1 is 1.25 bits per heavy atom. The van der Waals surface area contributed by atoms with Crippen molar-refractivity contribution < 1.29 is 10.1 Å². The molecule has 3 nitrogen and oxygen atoms in total. The van der Waals surface area contributed by atoms with Crippen LogP contribution < -0.4 is 5.32 Å². The summed E-state index contributed by atoms with van der Waals surface area (Å²) in [7, 11) is 0. The smallest absolute Gasteiger partial charge is 0.278 e. The Morgan fingerprint density at radius 2 is 2.08 bits per heavy atom. The molecule has 1 fully saturated rings. The van der Waals surface area contributed by atoms with E-state index in [1.165, 1.54) is 34.4 Å². The fourth-order valence-electron chi connectivity index (χ4n) is 3.73. The molecule has 1 atom stereocenters. The van der Waals surface area contributed by atoms with Crippen molar-refractivity contribution in [2.45, 2.75) is 32.2 Å². The quantitative estimate of drug-likeness (QED) is 0.891. The number of aryl methyl sites for hydroxylation is 1. The number of thiophene rings is 1. The van der Waals surface area contributed by atoms with Crippen LogP contribution in [0.5, 0.6) is 0 Å². The molecule has 1 amide bonds. The third kappa shape index (κ3) is 3.13. The Morgan fingerprint density at radius 3 is 2.88 bits per heavy atom. The Hall–Kier alpha value is -1.65. The highest BCUT2D eigenvalue weighted by Gasteiger charge is 2.34. The molecule has 126 valence electrons. The molecule has 2 N–H and O–H groups in total. The molecule has 0 unspecified atom stereocenters. The Kier molecular flexibility index (Phi) is 4.42. The third-order valence-electron chi connectivity index (χ3n) is 5.29. The number of nitrogens with zero attached hydrogens (tertiary/aromatic N) is 1. The fraction of sp³-hybridized carbons (Fsp3) is 0.450. The Bertz CT molecular complexity index is 735. The summed E-state index contributed by atoms with van der Waals surface area (Å²) >= 11 is 1.83. The van der Waals surface area contributed by atoms with Crippen LogP contribution in [0.4, 0.5) is 0 Å². The summed E-state index contributed by atoms with van der Waals surface area (Å²) in [4.78, 5) is 16.5. The van der Waals surface area contributed by atoms with E-state index in [2.05, 4.69) is 52.9 Å². The maximum Gasteiger partial charge on any atom is 0.278 e. The summed E-state index contributed by atoms with van der Waals surface area (Å²) in [6.45, 7) is 4.68. The zero-order valence-electron chi connectivity index (χ0n) is 14.2. The molecule has 4 rings (SSSR count). The molecule has 0 saturated heterocycles. The van der Waals surface area contributed by atoms with Gasteiger partial charge in [0.05, 0.1) is 12.6 Å². The minimum atomic E-state index is 0.0861. The first-order valence-corrected chi connectivity index (χ1v) is 9.85. The molecule has 0 radical (unpaired) electrons. The largest absolute Gasteiger partial charge is 0.338 e. The second-order valence-electron chi connectivity index (χ2n) is 7.07. The van der Waals surface area contributed by atoms with E-state index in [0.29, 0.717) is 6.54 Å². The number of rotatable bonds is 5. The summed E-state index contributed by atoms with van der Waals surface area (Å²) in [5.41, 5.74) is 3.87. The zero-order chi connectivity index (χ0) is 16.5. The predicted molar refractivity (Wildman–Crippen MR) is 97.1 cm³/mol. The van der Waals surface area contributed by atoms with Gasteiger partial charge in [0.25, 0.3) is 5.91 Å². The van der Waals surface area contributed by atoms with Crippen LogP contribution in [0.2, 0.25) is 0 Å². The van der Waals surface area contributed by atoms with E-state index in [0.717, 1.165) is 25.4 Å². The molecule has 1 aliphatic heterocycles. The highest BCUT2D eigenvalue weighted by molar-refractivity contribution is 7.10. The van der Waals surface area contributed by atoms with Crippen molar-refractivity contribution in [3.63, 3.8) is 0 Å². The molecule has 2 aliphatic rings. The van der Waals surface area contributed by atoms with Crippen LogP contribution in [-0.4, -0.2) is 30.4 Å². The van der Waals surface area contributed by atoms with Crippen LogP contribution in [0.15, 0.2) is 35.7 Å². The van der Waals surface area contributed by atoms with Gasteiger partial charge in [0, 0.05) is 17.3 Å². The molecule has 1 aromatic heterocycles. The number of fused-ring (bicyclic) bond motifs is 1. The number of benzene rings is 1. The average Bonchev–Trinajstić information content (AvgIpc) is 3.28. The molecule has 1 aromatic carbocycles. The van der Waals surface area contributed by atoms with Gasteiger partial charge >= 0.3 is 0 Å². The van der Waals surface area contributed by atoms with Crippen molar-refractivity contribution in [3.05, 3.63) is 57.3 Å². The predicted octanol–water partition coefficient (Wildman–Crippen LogP) is 2.50. The van der Waals surface area contributed by atoms with Crippen molar-refractivity contribution in [2.75, 3.05) is 19.6 Å². The number of amides is 1. The van der Waals surface area contributed by atoms with Gasteiger partial charge < -0.3 is 10.2 Å². The van der Waals surface area contributed by atoms with Gasteiger partial charge in [-0.2, -0.15) is 0 Å². The summed E-state index contributed by atoms with van der Waals surface area (Å²) < 4.78 is 0. The van der Waals surface area contributed by atoms with Gasteiger partial charge in [-0.15, -0.1) is 11.3 Å². The van der Waals surface area contributed by atoms with Gasteiger partial charge in [-0.1, -0.05) is 24.3 Å². The molecule has 2 aromatic rings. The van der Waals surface area contributed by atoms with Gasteiger partial charge in [0.15, 0.2) is 6.54 Å². The van der Waals surface area contributed by atoms with Gasteiger partial charge in [-0.3, -0.25) is 4.79 Å². The molecule has 1 aliphatic carbocycles. The molecule has 24 heavy (non-hydrogen) atoms. The van der Waals surface area contributed by atoms with Gasteiger partial charge in [-0.05, 0) is 54.3 Å². The van der Waals surface area contributed by atoms with E-state index in [4.69, 9.17) is 0 Å². The average molecular weight is 342 g/mol. The lowest BCUT2D eigenvalue weighted by atomic mass is 9.90. The van der Waals surface area contributed by atoms with E-state index in [1.807, 2.05) is 11.3 Å². The Labute approximate surface area is 147 Å². The minimum absolute atomic E-state index is 0.0861. The molecule has 1 saturated carbocycles. The number of hydrogen-bond acceptors (Lipinski definition) is 2. The minimum Gasteiger partial charge on any atom is -0.338 e. The van der Waals surface area contributed by atoms with Crippen molar-refractivity contribution in [1.29, 1.82) is 0 Å². The van der Waals surface area contributed by atoms with Crippen molar-refractivity contribution in [3.8, 4) is 0 Å². The number of carbonyl (C=O) groups is 1. The van der Waals surface area contributed by atoms with Gasteiger partial charge in [0.1, 0.15) is 0 Å². The highest BCUT2D eigenvalue weighted by Crippen LogP contribution is 2.38. The molecular weight excluding hydrogens is 316 g/mol. The van der Waals surface area contributed by atoms with Crippen molar-refractivity contribution in [2.24, 2.45) is 5.92 Å². The van der Waals surface area contributed by atoms with Crippen LogP contribution in [0.3, 0.4) is 0 Å². The van der Waals surface area contributed by atoms with Gasteiger partial charge in [-0.25, -0.2) is 0 Å². The molecular formula is C20H25N2OS+. The lowest BCUT2D eigenvalue weighted by Gasteiger charge is -2.36. The van der Waals surface area contributed by atoms with Gasteiger partial charge in [0.2, 0.25) is 0 Å².